The minimum Gasteiger partial charge on any atom is -0.497 e. The molecule has 0 bridgehead atoms. The molecule has 0 aliphatic heterocycles. The van der Waals surface area contributed by atoms with E-state index in [4.69, 9.17) is 9.47 Å². The summed E-state index contributed by atoms with van der Waals surface area (Å²) in [5, 5.41) is 0. The van der Waals surface area contributed by atoms with Crippen molar-refractivity contribution in [2.75, 3.05) is 14.2 Å². The lowest BCUT2D eigenvalue weighted by Crippen LogP contribution is -1.91. The third kappa shape index (κ3) is 2.22. The van der Waals surface area contributed by atoms with Crippen LogP contribution in [0, 0.1) is 0 Å². The first-order valence-corrected chi connectivity index (χ1v) is 6.74. The van der Waals surface area contributed by atoms with E-state index in [0.717, 1.165) is 27.1 Å². The van der Waals surface area contributed by atoms with E-state index in [1.54, 1.807) is 20.4 Å². The van der Waals surface area contributed by atoms with Gasteiger partial charge in [0.1, 0.15) is 17.3 Å². The second-order valence-corrected chi connectivity index (χ2v) is 5.09. The van der Waals surface area contributed by atoms with Crippen molar-refractivity contribution in [3.63, 3.8) is 0 Å². The second kappa shape index (κ2) is 5.13. The zero-order valence-electron chi connectivity index (χ0n) is 11.0. The van der Waals surface area contributed by atoms with Gasteiger partial charge in [-0.05, 0) is 40.2 Å². The average molecular weight is 334 g/mol. The Hall–Kier alpha value is -2.08. The van der Waals surface area contributed by atoms with Crippen molar-refractivity contribution in [2.45, 2.75) is 0 Å². The first-order chi connectivity index (χ1) is 9.71. The number of nitrogens with zero attached hydrogens (tertiary/aromatic N) is 2. The maximum atomic E-state index is 5.37. The van der Waals surface area contributed by atoms with Crippen LogP contribution in [0.3, 0.4) is 0 Å². The molecule has 20 heavy (non-hydrogen) atoms. The highest BCUT2D eigenvalue weighted by Gasteiger charge is 2.12. The Morgan fingerprint density at radius 2 is 2.00 bits per heavy atom. The number of fused-ring (bicyclic) bond motifs is 1. The predicted molar refractivity (Wildman–Crippen MR) is 80.1 cm³/mol. The van der Waals surface area contributed by atoms with Crippen LogP contribution < -0.4 is 9.47 Å². The van der Waals surface area contributed by atoms with Crippen molar-refractivity contribution >= 4 is 27.1 Å². The summed E-state index contributed by atoms with van der Waals surface area (Å²) in [6, 6.07) is 7.52. The number of pyridine rings is 1. The summed E-state index contributed by atoms with van der Waals surface area (Å²) in [5.41, 5.74) is 2.35. The van der Waals surface area contributed by atoms with Gasteiger partial charge in [-0.15, -0.1) is 0 Å². The van der Waals surface area contributed by atoms with Gasteiger partial charge >= 0.3 is 0 Å². The maximum Gasteiger partial charge on any atom is 0.178 e. The number of imidazole rings is 1. The zero-order chi connectivity index (χ0) is 14.1. The van der Waals surface area contributed by atoms with Gasteiger partial charge in [-0.3, -0.25) is 0 Å². The van der Waals surface area contributed by atoms with Crippen LogP contribution in [0.15, 0.2) is 34.9 Å². The molecule has 0 aliphatic rings. The molecule has 0 radical (unpaired) electrons. The number of benzene rings is 1. The molecular weight excluding hydrogens is 322 g/mol. The molecule has 102 valence electrons. The molecule has 3 aromatic rings. The second-order valence-electron chi connectivity index (χ2n) is 4.18. The molecule has 0 aliphatic carbocycles. The number of aromatic amines is 1. The summed E-state index contributed by atoms with van der Waals surface area (Å²) < 4.78 is 11.5. The minimum absolute atomic E-state index is 0.660. The van der Waals surface area contributed by atoms with E-state index >= 15 is 0 Å². The van der Waals surface area contributed by atoms with Crippen molar-refractivity contribution in [2.24, 2.45) is 0 Å². The Bertz CT molecular complexity index is 770. The largest absolute Gasteiger partial charge is 0.497 e. The highest BCUT2D eigenvalue weighted by Crippen LogP contribution is 2.32. The highest BCUT2D eigenvalue weighted by molar-refractivity contribution is 9.10. The van der Waals surface area contributed by atoms with Crippen LogP contribution in [0.1, 0.15) is 0 Å². The Morgan fingerprint density at radius 1 is 1.15 bits per heavy atom. The standard InChI is InChI=1S/C14H12BrN3O2/c1-19-9-3-4-12(20-2)10(6-9)13-17-11-5-8(15)7-16-14(11)18-13/h3-7H,1-2H3,(H,16,17,18). The molecule has 2 heterocycles. The van der Waals surface area contributed by atoms with Gasteiger partial charge < -0.3 is 14.5 Å². The Kier molecular flexibility index (Phi) is 3.31. The summed E-state index contributed by atoms with van der Waals surface area (Å²) in [4.78, 5) is 12.0. The van der Waals surface area contributed by atoms with E-state index in [1.165, 1.54) is 0 Å². The molecule has 0 saturated carbocycles. The predicted octanol–water partition coefficient (Wildman–Crippen LogP) is 3.40. The number of methoxy groups -OCH3 is 2. The van der Waals surface area contributed by atoms with Gasteiger partial charge in [0.15, 0.2) is 5.65 Å². The van der Waals surface area contributed by atoms with Crippen LogP contribution >= 0.6 is 15.9 Å². The van der Waals surface area contributed by atoms with Crippen molar-refractivity contribution in [1.29, 1.82) is 0 Å². The number of hydrogen-bond donors (Lipinski definition) is 1. The molecule has 1 aromatic carbocycles. The molecule has 2 aromatic heterocycles. The van der Waals surface area contributed by atoms with E-state index in [-0.39, 0.29) is 0 Å². The first-order valence-electron chi connectivity index (χ1n) is 5.95. The van der Waals surface area contributed by atoms with Crippen molar-refractivity contribution in [3.8, 4) is 22.9 Å². The van der Waals surface area contributed by atoms with Gasteiger partial charge in [0.05, 0.1) is 25.3 Å². The fourth-order valence-electron chi connectivity index (χ4n) is 2.00. The van der Waals surface area contributed by atoms with Crippen LogP contribution in [0.2, 0.25) is 0 Å². The smallest absolute Gasteiger partial charge is 0.178 e. The lowest BCUT2D eigenvalue weighted by atomic mass is 10.2. The van der Waals surface area contributed by atoms with Gasteiger partial charge in [0.25, 0.3) is 0 Å². The molecule has 0 unspecified atom stereocenters. The molecule has 5 nitrogen and oxygen atoms in total. The van der Waals surface area contributed by atoms with Crippen molar-refractivity contribution < 1.29 is 9.47 Å². The van der Waals surface area contributed by atoms with Crippen molar-refractivity contribution in [1.82, 2.24) is 15.0 Å². The topological polar surface area (TPSA) is 60.0 Å². The molecule has 3 rings (SSSR count). The van der Waals surface area contributed by atoms with E-state index in [0.29, 0.717) is 11.5 Å². The molecule has 0 atom stereocenters. The number of H-pyrrole nitrogens is 1. The van der Waals surface area contributed by atoms with E-state index in [9.17, 15) is 0 Å². The monoisotopic (exact) mass is 333 g/mol. The average Bonchev–Trinajstić information content (AvgIpc) is 2.89. The summed E-state index contributed by atoms with van der Waals surface area (Å²) in [6.45, 7) is 0. The number of halogens is 1. The molecule has 1 N–H and O–H groups in total. The lowest BCUT2D eigenvalue weighted by Gasteiger charge is -2.08. The number of ether oxygens (including phenoxy) is 2. The first kappa shape index (κ1) is 12.9. The van der Waals surface area contributed by atoms with Crippen LogP contribution in [-0.4, -0.2) is 29.2 Å². The lowest BCUT2D eigenvalue weighted by molar-refractivity contribution is 0.404. The SMILES string of the molecule is COc1ccc(OC)c(-c2nc3ncc(Br)cc3[nH]2)c1. The van der Waals surface area contributed by atoms with Gasteiger partial charge in [-0.25, -0.2) is 9.97 Å². The van der Waals surface area contributed by atoms with E-state index in [2.05, 4.69) is 30.9 Å². The fraction of sp³-hybridized carbons (Fsp3) is 0.143. The number of hydrogen-bond acceptors (Lipinski definition) is 4. The number of aromatic nitrogens is 3. The number of nitrogens with one attached hydrogen (secondary N) is 1. The normalized spacial score (nSPS) is 10.8. The third-order valence-corrected chi connectivity index (χ3v) is 3.40. The van der Waals surface area contributed by atoms with Gasteiger partial charge in [-0.1, -0.05) is 0 Å². The Morgan fingerprint density at radius 3 is 2.75 bits per heavy atom. The summed E-state index contributed by atoms with van der Waals surface area (Å²) >= 11 is 3.39. The van der Waals surface area contributed by atoms with Crippen LogP contribution in [0.25, 0.3) is 22.6 Å². The van der Waals surface area contributed by atoms with Crippen LogP contribution in [0.5, 0.6) is 11.5 Å². The van der Waals surface area contributed by atoms with E-state index in [1.807, 2.05) is 24.3 Å². The summed E-state index contributed by atoms with van der Waals surface area (Å²) in [6.07, 6.45) is 1.72. The Labute approximate surface area is 124 Å². The molecular formula is C14H12BrN3O2. The molecule has 0 amide bonds. The summed E-state index contributed by atoms with van der Waals surface area (Å²) in [7, 11) is 3.26. The molecule has 6 heteroatoms. The van der Waals surface area contributed by atoms with Crippen LogP contribution in [-0.2, 0) is 0 Å². The maximum absolute atomic E-state index is 5.37. The molecule has 0 saturated heterocycles. The third-order valence-electron chi connectivity index (χ3n) is 2.97. The van der Waals surface area contributed by atoms with E-state index < -0.39 is 0 Å². The minimum atomic E-state index is 0.660. The number of rotatable bonds is 3. The molecule has 0 spiro atoms. The van der Waals surface area contributed by atoms with Gasteiger partial charge in [0.2, 0.25) is 0 Å². The van der Waals surface area contributed by atoms with Crippen molar-refractivity contribution in [3.05, 3.63) is 34.9 Å². The quantitative estimate of drug-likeness (QED) is 0.797. The fourth-order valence-corrected chi connectivity index (χ4v) is 2.33. The van der Waals surface area contributed by atoms with Crippen LogP contribution in [0.4, 0.5) is 0 Å². The zero-order valence-corrected chi connectivity index (χ0v) is 12.6. The highest BCUT2D eigenvalue weighted by atomic mass is 79.9. The summed E-state index contributed by atoms with van der Waals surface area (Å²) in [5.74, 6) is 2.17. The van der Waals surface area contributed by atoms with Gasteiger partial charge in [-0.2, -0.15) is 0 Å². The molecule has 0 fully saturated rings. The Balaban J connectivity index is 2.18. The van der Waals surface area contributed by atoms with Gasteiger partial charge in [0, 0.05) is 10.7 Å².